The Hall–Kier alpha value is -1.08. The third-order valence-corrected chi connectivity index (χ3v) is 20.3. The lowest BCUT2D eigenvalue weighted by Gasteiger charge is -2.43. The molecule has 1 spiro atoms. The van der Waals surface area contributed by atoms with E-state index in [1.165, 1.54) is 10.8 Å². The molecule has 1 aromatic rings. The van der Waals surface area contributed by atoms with Crippen molar-refractivity contribution >= 4 is 42.7 Å². The smallest absolute Gasteiger partial charge is 0.330 e. The number of halogens is 1. The zero-order valence-electron chi connectivity index (χ0n) is 24.6. The number of aromatic nitrogens is 2. The number of hydrogen-bond acceptors (Lipinski definition) is 9. The molecule has 3 heterocycles. The van der Waals surface area contributed by atoms with Crippen molar-refractivity contribution in [3.8, 4) is 0 Å². The number of rotatable bonds is 6. The number of aryl methyl sites for hydroxylation is 1. The SMILES string of the molecule is Cc1cn(C2OC(CO[Si](C)(C)C(C)(C)C)C3(OS(=O)(=O)C(Br)=C3N)C2O[Si](C)(C)C(C)(C)C)c(=O)[nH]c1=O. The van der Waals surface area contributed by atoms with Gasteiger partial charge in [0.2, 0.25) is 0 Å². The zero-order chi connectivity index (χ0) is 30.1. The van der Waals surface area contributed by atoms with Gasteiger partial charge in [0.1, 0.15) is 12.2 Å². The number of aromatic amines is 1. The molecule has 3 rings (SSSR count). The highest BCUT2D eigenvalue weighted by Crippen LogP contribution is 2.54. The number of hydrogen-bond donors (Lipinski definition) is 2. The highest BCUT2D eigenvalue weighted by molar-refractivity contribution is 9.13. The van der Waals surface area contributed by atoms with E-state index >= 15 is 0 Å². The van der Waals surface area contributed by atoms with Crippen LogP contribution in [0.3, 0.4) is 0 Å². The third-order valence-electron chi connectivity index (χ3n) is 8.61. The van der Waals surface area contributed by atoms with Crippen LogP contribution >= 0.6 is 15.9 Å². The lowest BCUT2D eigenvalue weighted by atomic mass is 9.89. The van der Waals surface area contributed by atoms with E-state index in [4.69, 9.17) is 23.5 Å². The molecule has 0 saturated carbocycles. The Morgan fingerprint density at radius 2 is 1.64 bits per heavy atom. The highest BCUT2D eigenvalue weighted by Gasteiger charge is 2.69. The Morgan fingerprint density at radius 1 is 1.10 bits per heavy atom. The van der Waals surface area contributed by atoms with Crippen molar-refractivity contribution in [2.75, 3.05) is 6.61 Å². The second-order valence-corrected chi connectivity index (χ2v) is 25.7. The van der Waals surface area contributed by atoms with Crippen molar-refractivity contribution in [2.24, 2.45) is 5.73 Å². The maximum Gasteiger partial charge on any atom is 0.330 e. The fourth-order valence-electron chi connectivity index (χ4n) is 4.00. The predicted molar refractivity (Wildman–Crippen MR) is 158 cm³/mol. The molecular formula is C24H42BrN3O8SSi2. The lowest BCUT2D eigenvalue weighted by Crippen LogP contribution is -2.59. The predicted octanol–water partition coefficient (Wildman–Crippen LogP) is 3.78. The molecule has 1 aromatic heterocycles. The second-order valence-electron chi connectivity index (χ2n) is 13.4. The van der Waals surface area contributed by atoms with Crippen LogP contribution in [-0.2, 0) is 27.9 Å². The van der Waals surface area contributed by atoms with Crippen LogP contribution in [0.2, 0.25) is 36.3 Å². The average molecular weight is 669 g/mol. The molecule has 0 aromatic carbocycles. The van der Waals surface area contributed by atoms with Crippen LogP contribution in [0.1, 0.15) is 53.3 Å². The number of nitrogens with zero attached hydrogens (tertiary/aromatic N) is 1. The van der Waals surface area contributed by atoms with Gasteiger partial charge in [-0.25, -0.2) is 8.98 Å². The van der Waals surface area contributed by atoms with Crippen molar-refractivity contribution in [2.45, 2.75) is 109 Å². The molecule has 222 valence electrons. The van der Waals surface area contributed by atoms with Crippen LogP contribution < -0.4 is 17.0 Å². The molecule has 4 atom stereocenters. The van der Waals surface area contributed by atoms with Crippen LogP contribution in [0.4, 0.5) is 0 Å². The van der Waals surface area contributed by atoms with Gasteiger partial charge in [0.15, 0.2) is 32.3 Å². The molecule has 2 aliphatic rings. The number of nitrogens with two attached hydrogens (primary N) is 1. The summed E-state index contributed by atoms with van der Waals surface area (Å²) in [5.74, 6) is 0. The first kappa shape index (κ1) is 32.4. The van der Waals surface area contributed by atoms with Crippen LogP contribution in [0, 0.1) is 6.92 Å². The summed E-state index contributed by atoms with van der Waals surface area (Å²) in [4.78, 5) is 27.5. The van der Waals surface area contributed by atoms with Crippen molar-refractivity contribution in [1.82, 2.24) is 9.55 Å². The first-order valence-corrected chi connectivity index (χ1v) is 20.8. The maximum absolute atomic E-state index is 13.1. The van der Waals surface area contributed by atoms with Gasteiger partial charge in [0, 0.05) is 11.8 Å². The Kier molecular flexibility index (Phi) is 8.34. The first-order valence-electron chi connectivity index (χ1n) is 12.8. The Balaban J connectivity index is 2.29. The van der Waals surface area contributed by atoms with Gasteiger partial charge in [-0.15, -0.1) is 0 Å². The van der Waals surface area contributed by atoms with Gasteiger partial charge in [-0.3, -0.25) is 14.3 Å². The molecule has 1 saturated heterocycles. The monoisotopic (exact) mass is 667 g/mol. The standard InChI is InChI=1S/C24H42BrN3O8SSi2/c1-14-12-28(21(30)27-19(14)29)20-17(35-39(10,11)23(5,6)7)24(16(26)18(25)37(31,32)36-24)15(34-20)13-33-38(8,9)22(2,3)4/h12,15,17,20H,13,26H2,1-11H3,(H,27,29,30). The summed E-state index contributed by atoms with van der Waals surface area (Å²) in [7, 11) is -9.31. The fraction of sp³-hybridized carbons (Fsp3) is 0.750. The van der Waals surface area contributed by atoms with Gasteiger partial charge in [0.05, 0.1) is 12.3 Å². The minimum absolute atomic E-state index is 0.0576. The van der Waals surface area contributed by atoms with Crippen molar-refractivity contribution in [3.63, 3.8) is 0 Å². The molecule has 3 N–H and O–H groups in total. The summed E-state index contributed by atoms with van der Waals surface area (Å²) in [5.41, 5.74) is 3.60. The zero-order valence-corrected chi connectivity index (χ0v) is 29.0. The molecule has 4 unspecified atom stereocenters. The molecular weight excluding hydrogens is 626 g/mol. The molecule has 0 radical (unpaired) electrons. The van der Waals surface area contributed by atoms with Gasteiger partial charge in [-0.2, -0.15) is 8.42 Å². The number of nitrogens with one attached hydrogen (secondary N) is 1. The van der Waals surface area contributed by atoms with Crippen LogP contribution in [0.5, 0.6) is 0 Å². The largest absolute Gasteiger partial charge is 0.414 e. The number of H-pyrrole nitrogens is 1. The molecule has 39 heavy (non-hydrogen) atoms. The molecule has 0 amide bonds. The van der Waals surface area contributed by atoms with E-state index in [-0.39, 0.29) is 31.8 Å². The molecule has 15 heteroatoms. The molecule has 11 nitrogen and oxygen atoms in total. The fourth-order valence-corrected chi connectivity index (χ4v) is 7.95. The minimum Gasteiger partial charge on any atom is -0.414 e. The summed E-state index contributed by atoms with van der Waals surface area (Å²) in [6.45, 7) is 22.0. The van der Waals surface area contributed by atoms with Gasteiger partial charge in [-0.1, -0.05) is 41.5 Å². The van der Waals surface area contributed by atoms with E-state index in [0.29, 0.717) is 0 Å². The Morgan fingerprint density at radius 3 is 2.10 bits per heavy atom. The lowest BCUT2D eigenvalue weighted by molar-refractivity contribution is -0.0563. The van der Waals surface area contributed by atoms with Crippen molar-refractivity contribution < 1.29 is 26.2 Å². The van der Waals surface area contributed by atoms with Crippen molar-refractivity contribution in [1.29, 1.82) is 0 Å². The van der Waals surface area contributed by atoms with E-state index in [2.05, 4.69) is 54.8 Å². The Labute approximate surface area is 241 Å². The minimum atomic E-state index is -4.30. The van der Waals surface area contributed by atoms with Gasteiger partial charge >= 0.3 is 15.8 Å². The molecule has 0 aliphatic carbocycles. The summed E-state index contributed by atoms with van der Waals surface area (Å²) >= 11 is 3.11. The van der Waals surface area contributed by atoms with Gasteiger partial charge < -0.3 is 19.3 Å². The summed E-state index contributed by atoms with van der Waals surface area (Å²) in [5, 5.41) is -0.444. The summed E-state index contributed by atoms with van der Waals surface area (Å²) in [6.07, 6.45) is -2.03. The van der Waals surface area contributed by atoms with Crippen LogP contribution in [0.25, 0.3) is 0 Å². The Bertz CT molecular complexity index is 1390. The molecule has 1 fully saturated rings. The van der Waals surface area contributed by atoms with E-state index < -0.39 is 62.0 Å². The van der Waals surface area contributed by atoms with Gasteiger partial charge in [-0.05, 0) is 59.1 Å². The van der Waals surface area contributed by atoms with Crippen molar-refractivity contribution in [3.05, 3.63) is 42.1 Å². The average Bonchev–Trinajstić information content (AvgIpc) is 3.14. The topological polar surface area (TPSA) is 152 Å². The highest BCUT2D eigenvalue weighted by atomic mass is 79.9. The van der Waals surface area contributed by atoms with Gasteiger partial charge in [0.25, 0.3) is 5.56 Å². The normalized spacial score (nSPS) is 28.1. The number of ether oxygens (including phenoxy) is 1. The summed E-state index contributed by atoms with van der Waals surface area (Å²) < 4.78 is 52.7. The van der Waals surface area contributed by atoms with E-state index in [9.17, 15) is 18.0 Å². The molecule has 0 bridgehead atoms. The quantitative estimate of drug-likeness (QED) is 0.341. The summed E-state index contributed by atoms with van der Waals surface area (Å²) in [6, 6.07) is 0. The molecule has 2 aliphatic heterocycles. The van der Waals surface area contributed by atoms with Crippen LogP contribution in [-0.4, -0.2) is 59.0 Å². The maximum atomic E-state index is 13.1. The van der Waals surface area contributed by atoms with E-state index in [0.717, 1.165) is 0 Å². The van der Waals surface area contributed by atoms with Crippen LogP contribution in [0.15, 0.2) is 25.3 Å². The second kappa shape index (κ2) is 10.0. The van der Waals surface area contributed by atoms with E-state index in [1.54, 1.807) is 6.92 Å². The first-order chi connectivity index (χ1) is 17.4. The third kappa shape index (κ3) is 5.57. The van der Waals surface area contributed by atoms with E-state index in [1.807, 2.05) is 33.9 Å².